The lowest BCUT2D eigenvalue weighted by Gasteiger charge is -2.25. The summed E-state index contributed by atoms with van der Waals surface area (Å²) in [6, 6.07) is 8.20. The summed E-state index contributed by atoms with van der Waals surface area (Å²) >= 11 is 5.91. The summed E-state index contributed by atoms with van der Waals surface area (Å²) in [6.45, 7) is 11.2. The number of rotatable bonds is 6. The van der Waals surface area contributed by atoms with Crippen molar-refractivity contribution in [1.29, 1.82) is 0 Å². The Morgan fingerprint density at radius 3 is 2.29 bits per heavy atom. The fourth-order valence-electron chi connectivity index (χ4n) is 1.84. The summed E-state index contributed by atoms with van der Waals surface area (Å²) < 4.78 is 0. The Kier molecular flexibility index (Phi) is 5.48. The molecule has 0 unspecified atom stereocenters. The van der Waals surface area contributed by atoms with Crippen LogP contribution in [-0.2, 0) is 5.41 Å². The molecule has 1 N–H and O–H groups in total. The molecule has 0 fully saturated rings. The highest BCUT2D eigenvalue weighted by Gasteiger charge is 2.19. The summed E-state index contributed by atoms with van der Waals surface area (Å²) in [7, 11) is 0. The van der Waals surface area contributed by atoms with Gasteiger partial charge in [-0.15, -0.1) is 0 Å². The maximum atomic E-state index is 5.91. The van der Waals surface area contributed by atoms with Crippen LogP contribution >= 0.6 is 11.6 Å². The molecule has 2 heteroatoms. The van der Waals surface area contributed by atoms with E-state index >= 15 is 0 Å². The molecule has 0 aromatic heterocycles. The number of benzene rings is 1. The molecule has 0 amide bonds. The predicted octanol–water partition coefficient (Wildman–Crippen LogP) is 4.25. The molecule has 1 aromatic rings. The van der Waals surface area contributed by atoms with Crippen molar-refractivity contribution < 1.29 is 0 Å². The van der Waals surface area contributed by atoms with E-state index < -0.39 is 0 Å². The Morgan fingerprint density at radius 1 is 1.18 bits per heavy atom. The van der Waals surface area contributed by atoms with E-state index in [9.17, 15) is 0 Å². The minimum absolute atomic E-state index is 0.203. The first-order valence-corrected chi connectivity index (χ1v) is 6.76. The van der Waals surface area contributed by atoms with Gasteiger partial charge in [0.25, 0.3) is 0 Å². The van der Waals surface area contributed by atoms with Crippen LogP contribution in [-0.4, -0.2) is 13.1 Å². The van der Waals surface area contributed by atoms with Crippen molar-refractivity contribution in [2.45, 2.75) is 39.5 Å². The van der Waals surface area contributed by atoms with Gasteiger partial charge in [-0.2, -0.15) is 0 Å². The minimum Gasteiger partial charge on any atom is -0.316 e. The standard InChI is InChI=1S/C15H24ClN/c1-12(2)11-17-10-9-15(3,4)13-5-7-14(16)8-6-13/h5-8,12,17H,9-11H2,1-4H3. The van der Waals surface area contributed by atoms with E-state index in [0.29, 0.717) is 5.92 Å². The third-order valence-corrected chi connectivity index (χ3v) is 3.36. The first-order chi connectivity index (χ1) is 7.92. The molecule has 0 bridgehead atoms. The molecule has 1 nitrogen and oxygen atoms in total. The minimum atomic E-state index is 0.203. The zero-order valence-corrected chi connectivity index (χ0v) is 12.1. The molecule has 0 saturated heterocycles. The summed E-state index contributed by atoms with van der Waals surface area (Å²) in [5, 5.41) is 4.30. The molecule has 96 valence electrons. The largest absolute Gasteiger partial charge is 0.316 e. The van der Waals surface area contributed by atoms with Gasteiger partial charge in [-0.25, -0.2) is 0 Å². The molecular weight excluding hydrogens is 230 g/mol. The Balaban J connectivity index is 2.47. The zero-order chi connectivity index (χ0) is 12.9. The summed E-state index contributed by atoms with van der Waals surface area (Å²) in [5.41, 5.74) is 1.56. The average Bonchev–Trinajstić information content (AvgIpc) is 2.25. The normalized spacial score (nSPS) is 12.1. The smallest absolute Gasteiger partial charge is 0.0406 e. The first-order valence-electron chi connectivity index (χ1n) is 6.38. The van der Waals surface area contributed by atoms with Gasteiger partial charge in [0.15, 0.2) is 0 Å². The second-order valence-corrected chi connectivity index (χ2v) is 6.18. The lowest BCUT2D eigenvalue weighted by molar-refractivity contribution is 0.442. The van der Waals surface area contributed by atoms with Crippen LogP contribution in [0.25, 0.3) is 0 Å². The van der Waals surface area contributed by atoms with Crippen molar-refractivity contribution in [2.24, 2.45) is 5.92 Å². The van der Waals surface area contributed by atoms with Crippen molar-refractivity contribution in [3.05, 3.63) is 34.9 Å². The van der Waals surface area contributed by atoms with Gasteiger partial charge in [0, 0.05) is 5.02 Å². The van der Waals surface area contributed by atoms with Gasteiger partial charge in [0.2, 0.25) is 0 Å². The van der Waals surface area contributed by atoms with E-state index in [-0.39, 0.29) is 5.41 Å². The molecule has 0 spiro atoms. The molecule has 1 aromatic carbocycles. The van der Waals surface area contributed by atoms with E-state index in [1.54, 1.807) is 0 Å². The van der Waals surface area contributed by atoms with Crippen molar-refractivity contribution >= 4 is 11.6 Å². The number of hydrogen-bond donors (Lipinski definition) is 1. The molecule has 0 radical (unpaired) electrons. The molecule has 0 aliphatic rings. The van der Waals surface area contributed by atoms with Gasteiger partial charge in [0.05, 0.1) is 0 Å². The summed E-state index contributed by atoms with van der Waals surface area (Å²) in [6.07, 6.45) is 1.14. The average molecular weight is 254 g/mol. The first kappa shape index (κ1) is 14.5. The van der Waals surface area contributed by atoms with Gasteiger partial charge < -0.3 is 5.32 Å². The van der Waals surface area contributed by atoms with Crippen LogP contribution in [0.2, 0.25) is 5.02 Å². The molecule has 17 heavy (non-hydrogen) atoms. The lowest BCUT2D eigenvalue weighted by atomic mass is 9.81. The number of nitrogens with one attached hydrogen (secondary N) is 1. The monoisotopic (exact) mass is 253 g/mol. The number of hydrogen-bond acceptors (Lipinski definition) is 1. The van der Waals surface area contributed by atoms with Gasteiger partial charge in [-0.3, -0.25) is 0 Å². The SMILES string of the molecule is CC(C)CNCCC(C)(C)c1ccc(Cl)cc1. The van der Waals surface area contributed by atoms with E-state index in [4.69, 9.17) is 11.6 Å². The Morgan fingerprint density at radius 2 is 1.76 bits per heavy atom. The van der Waals surface area contributed by atoms with Crippen LogP contribution < -0.4 is 5.32 Å². The second kappa shape index (κ2) is 6.42. The predicted molar refractivity (Wildman–Crippen MR) is 76.8 cm³/mol. The van der Waals surface area contributed by atoms with Crippen LogP contribution in [0, 0.1) is 5.92 Å². The molecular formula is C15H24ClN. The molecule has 1 rings (SSSR count). The summed E-state index contributed by atoms with van der Waals surface area (Å²) in [5.74, 6) is 0.716. The van der Waals surface area contributed by atoms with Gasteiger partial charge in [-0.1, -0.05) is 51.4 Å². The highest BCUT2D eigenvalue weighted by atomic mass is 35.5. The van der Waals surface area contributed by atoms with Gasteiger partial charge >= 0.3 is 0 Å². The van der Waals surface area contributed by atoms with Gasteiger partial charge in [0.1, 0.15) is 0 Å². The highest BCUT2D eigenvalue weighted by Crippen LogP contribution is 2.27. The maximum absolute atomic E-state index is 5.91. The third kappa shape index (κ3) is 5.10. The van der Waals surface area contributed by atoms with Crippen molar-refractivity contribution in [3.8, 4) is 0 Å². The van der Waals surface area contributed by atoms with Gasteiger partial charge in [-0.05, 0) is 48.5 Å². The van der Waals surface area contributed by atoms with E-state index in [1.165, 1.54) is 5.56 Å². The molecule has 0 atom stereocenters. The maximum Gasteiger partial charge on any atom is 0.0406 e. The van der Waals surface area contributed by atoms with E-state index in [2.05, 4.69) is 45.1 Å². The van der Waals surface area contributed by atoms with Crippen molar-refractivity contribution in [3.63, 3.8) is 0 Å². The zero-order valence-electron chi connectivity index (χ0n) is 11.4. The molecule has 0 aliphatic carbocycles. The lowest BCUT2D eigenvalue weighted by Crippen LogP contribution is -2.27. The van der Waals surface area contributed by atoms with Crippen molar-refractivity contribution in [2.75, 3.05) is 13.1 Å². The fraction of sp³-hybridized carbons (Fsp3) is 0.600. The topological polar surface area (TPSA) is 12.0 Å². The quantitative estimate of drug-likeness (QED) is 0.748. The molecule has 0 heterocycles. The fourth-order valence-corrected chi connectivity index (χ4v) is 1.96. The van der Waals surface area contributed by atoms with Crippen LogP contribution in [0.15, 0.2) is 24.3 Å². The van der Waals surface area contributed by atoms with Crippen molar-refractivity contribution in [1.82, 2.24) is 5.32 Å². The van der Waals surface area contributed by atoms with Crippen LogP contribution in [0.5, 0.6) is 0 Å². The Labute approximate surface area is 111 Å². The van der Waals surface area contributed by atoms with E-state index in [0.717, 1.165) is 24.5 Å². The molecule has 0 aliphatic heterocycles. The Hall–Kier alpha value is -0.530. The third-order valence-electron chi connectivity index (χ3n) is 3.11. The highest BCUT2D eigenvalue weighted by molar-refractivity contribution is 6.30. The summed E-state index contributed by atoms with van der Waals surface area (Å²) in [4.78, 5) is 0. The van der Waals surface area contributed by atoms with Crippen LogP contribution in [0.4, 0.5) is 0 Å². The number of halogens is 1. The molecule has 0 saturated carbocycles. The van der Waals surface area contributed by atoms with Crippen LogP contribution in [0.3, 0.4) is 0 Å². The van der Waals surface area contributed by atoms with E-state index in [1.807, 2.05) is 12.1 Å². The van der Waals surface area contributed by atoms with Crippen LogP contribution in [0.1, 0.15) is 39.7 Å². The second-order valence-electron chi connectivity index (χ2n) is 5.74. The Bertz CT molecular complexity index is 327.